The zero-order valence-corrected chi connectivity index (χ0v) is 10.6. The monoisotopic (exact) mass is 267 g/mol. The summed E-state index contributed by atoms with van der Waals surface area (Å²) in [5.41, 5.74) is 8.24. The molecule has 0 saturated heterocycles. The molecule has 0 bridgehead atoms. The van der Waals surface area contributed by atoms with Crippen molar-refractivity contribution in [2.75, 3.05) is 11.1 Å². The molecule has 0 unspecified atom stereocenters. The van der Waals surface area contributed by atoms with Crippen molar-refractivity contribution in [1.82, 2.24) is 0 Å². The lowest BCUT2D eigenvalue weighted by molar-refractivity contribution is 0.0698. The van der Waals surface area contributed by atoms with E-state index in [1.165, 1.54) is 6.07 Å². The number of nitrogens with one attached hydrogen (secondary N) is 1. The predicted molar refractivity (Wildman–Crippen MR) is 76.9 cm³/mol. The standard InChI is InChI=1S/C15H13N3O2/c16-8-7-10-1-4-12(5-2-10)18-14-6-3-11(17)9-13(14)15(19)20/h1-6,9,18H,7,17H2,(H,19,20). The van der Waals surface area contributed by atoms with Crippen LogP contribution in [0.1, 0.15) is 15.9 Å². The molecule has 0 saturated carbocycles. The van der Waals surface area contributed by atoms with Gasteiger partial charge in [0, 0.05) is 11.4 Å². The van der Waals surface area contributed by atoms with Crippen LogP contribution in [0.2, 0.25) is 0 Å². The number of carboxylic acids is 1. The molecule has 20 heavy (non-hydrogen) atoms. The summed E-state index contributed by atoms with van der Waals surface area (Å²) in [5.74, 6) is -1.04. The van der Waals surface area contributed by atoms with Crippen LogP contribution in [0.25, 0.3) is 0 Å². The van der Waals surface area contributed by atoms with E-state index in [1.807, 2.05) is 12.1 Å². The molecule has 5 heteroatoms. The van der Waals surface area contributed by atoms with E-state index >= 15 is 0 Å². The van der Waals surface area contributed by atoms with Crippen molar-refractivity contribution in [2.24, 2.45) is 0 Å². The van der Waals surface area contributed by atoms with Gasteiger partial charge in [-0.3, -0.25) is 0 Å². The number of benzene rings is 2. The van der Waals surface area contributed by atoms with E-state index in [2.05, 4.69) is 11.4 Å². The number of carboxylic acid groups (broad SMARTS) is 1. The first-order chi connectivity index (χ1) is 9.60. The van der Waals surface area contributed by atoms with Crippen LogP contribution in [-0.4, -0.2) is 11.1 Å². The molecule has 0 aliphatic carbocycles. The Hall–Kier alpha value is -3.00. The van der Waals surface area contributed by atoms with Crippen molar-refractivity contribution in [1.29, 1.82) is 5.26 Å². The van der Waals surface area contributed by atoms with Crippen LogP contribution in [0.4, 0.5) is 17.1 Å². The molecule has 0 atom stereocenters. The first-order valence-electron chi connectivity index (χ1n) is 5.96. The molecule has 2 rings (SSSR count). The van der Waals surface area contributed by atoms with Crippen LogP contribution < -0.4 is 11.1 Å². The largest absolute Gasteiger partial charge is 0.478 e. The molecule has 4 N–H and O–H groups in total. The van der Waals surface area contributed by atoms with Crippen LogP contribution in [0.5, 0.6) is 0 Å². The van der Waals surface area contributed by atoms with Crippen molar-refractivity contribution < 1.29 is 9.90 Å². The van der Waals surface area contributed by atoms with Crippen molar-refractivity contribution in [3.8, 4) is 6.07 Å². The highest BCUT2D eigenvalue weighted by atomic mass is 16.4. The maximum absolute atomic E-state index is 11.2. The quantitative estimate of drug-likeness (QED) is 0.740. The van der Waals surface area contributed by atoms with E-state index in [1.54, 1.807) is 24.3 Å². The third kappa shape index (κ3) is 3.06. The number of nitrogens with two attached hydrogens (primary N) is 1. The summed E-state index contributed by atoms with van der Waals surface area (Å²) in [6, 6.07) is 14.0. The molecule has 0 fully saturated rings. The van der Waals surface area contributed by atoms with E-state index in [0.29, 0.717) is 17.8 Å². The Morgan fingerprint density at radius 2 is 1.95 bits per heavy atom. The highest BCUT2D eigenvalue weighted by Gasteiger charge is 2.10. The van der Waals surface area contributed by atoms with E-state index < -0.39 is 5.97 Å². The molecule has 0 radical (unpaired) electrons. The Labute approximate surface area is 116 Å². The van der Waals surface area contributed by atoms with Crippen LogP contribution >= 0.6 is 0 Å². The molecule has 100 valence electrons. The molecule has 5 nitrogen and oxygen atoms in total. The molecular formula is C15H13N3O2. The second-order valence-electron chi connectivity index (χ2n) is 4.27. The van der Waals surface area contributed by atoms with Crippen molar-refractivity contribution in [3.05, 3.63) is 53.6 Å². The van der Waals surface area contributed by atoms with Crippen molar-refractivity contribution in [2.45, 2.75) is 6.42 Å². The van der Waals surface area contributed by atoms with Gasteiger partial charge in [-0.1, -0.05) is 12.1 Å². The summed E-state index contributed by atoms with van der Waals surface area (Å²) < 4.78 is 0. The Morgan fingerprint density at radius 1 is 1.25 bits per heavy atom. The van der Waals surface area contributed by atoms with Gasteiger partial charge >= 0.3 is 5.97 Å². The highest BCUT2D eigenvalue weighted by molar-refractivity contribution is 5.96. The zero-order valence-electron chi connectivity index (χ0n) is 10.6. The third-order valence-electron chi connectivity index (χ3n) is 2.79. The zero-order chi connectivity index (χ0) is 14.5. The van der Waals surface area contributed by atoms with E-state index in [4.69, 9.17) is 16.1 Å². The predicted octanol–water partition coefficient (Wildman–Crippen LogP) is 2.78. The lowest BCUT2D eigenvalue weighted by atomic mass is 10.1. The summed E-state index contributed by atoms with van der Waals surface area (Å²) in [7, 11) is 0. The van der Waals surface area contributed by atoms with Crippen LogP contribution in [0, 0.1) is 11.3 Å². The van der Waals surface area contributed by atoms with Gasteiger partial charge in [0.25, 0.3) is 0 Å². The van der Waals surface area contributed by atoms with Crippen LogP contribution in [0.3, 0.4) is 0 Å². The average molecular weight is 267 g/mol. The number of rotatable bonds is 4. The normalized spacial score (nSPS) is 9.75. The van der Waals surface area contributed by atoms with Crippen molar-refractivity contribution >= 4 is 23.0 Å². The van der Waals surface area contributed by atoms with Gasteiger partial charge in [-0.05, 0) is 35.9 Å². The average Bonchev–Trinajstić information content (AvgIpc) is 2.43. The summed E-state index contributed by atoms with van der Waals surface area (Å²) in [4.78, 5) is 11.2. The number of nitrogens with zero attached hydrogens (tertiary/aromatic N) is 1. The van der Waals surface area contributed by atoms with Gasteiger partial charge in [0.05, 0.1) is 23.7 Å². The van der Waals surface area contributed by atoms with Gasteiger partial charge in [0.1, 0.15) is 0 Å². The number of carbonyl (C=O) groups is 1. The minimum absolute atomic E-state index is 0.117. The second kappa shape index (κ2) is 5.76. The number of hydrogen-bond donors (Lipinski definition) is 3. The summed E-state index contributed by atoms with van der Waals surface area (Å²) in [6.07, 6.45) is 0.350. The van der Waals surface area contributed by atoms with Gasteiger partial charge in [-0.2, -0.15) is 5.26 Å². The van der Waals surface area contributed by atoms with Gasteiger partial charge in [-0.25, -0.2) is 4.79 Å². The molecule has 0 amide bonds. The first-order valence-corrected chi connectivity index (χ1v) is 5.96. The maximum atomic E-state index is 11.2. The second-order valence-corrected chi connectivity index (χ2v) is 4.27. The van der Waals surface area contributed by atoms with E-state index in [9.17, 15) is 4.79 Å². The Bertz CT molecular complexity index is 673. The number of hydrogen-bond acceptors (Lipinski definition) is 4. The molecule has 0 aliphatic rings. The van der Waals surface area contributed by atoms with Crippen LogP contribution in [-0.2, 0) is 6.42 Å². The SMILES string of the molecule is N#CCc1ccc(Nc2ccc(N)cc2C(=O)O)cc1. The Balaban J connectivity index is 2.26. The minimum atomic E-state index is -1.04. The first kappa shape index (κ1) is 13.4. The number of nitriles is 1. The fourth-order valence-electron chi connectivity index (χ4n) is 1.80. The van der Waals surface area contributed by atoms with Gasteiger partial charge in [0.15, 0.2) is 0 Å². The highest BCUT2D eigenvalue weighted by Crippen LogP contribution is 2.23. The fourth-order valence-corrected chi connectivity index (χ4v) is 1.80. The molecule has 0 heterocycles. The Kier molecular flexibility index (Phi) is 3.87. The van der Waals surface area contributed by atoms with Crippen LogP contribution in [0.15, 0.2) is 42.5 Å². The number of anilines is 3. The Morgan fingerprint density at radius 3 is 2.55 bits per heavy atom. The summed E-state index contributed by atoms with van der Waals surface area (Å²) >= 11 is 0. The van der Waals surface area contributed by atoms with Gasteiger partial charge in [-0.15, -0.1) is 0 Å². The molecule has 0 aromatic heterocycles. The molecule has 0 aliphatic heterocycles. The molecule has 0 spiro atoms. The molecule has 2 aromatic carbocycles. The molecular weight excluding hydrogens is 254 g/mol. The van der Waals surface area contributed by atoms with E-state index in [-0.39, 0.29) is 5.56 Å². The lowest BCUT2D eigenvalue weighted by Crippen LogP contribution is -2.03. The van der Waals surface area contributed by atoms with E-state index in [0.717, 1.165) is 11.3 Å². The minimum Gasteiger partial charge on any atom is -0.478 e. The number of nitrogen functional groups attached to an aromatic ring is 1. The molecule has 2 aromatic rings. The summed E-state index contributed by atoms with van der Waals surface area (Å²) in [5, 5.41) is 20.8. The summed E-state index contributed by atoms with van der Waals surface area (Å²) in [6.45, 7) is 0. The topological polar surface area (TPSA) is 99.1 Å². The number of aromatic carboxylic acids is 1. The fraction of sp³-hybridized carbons (Fsp3) is 0.0667. The smallest absolute Gasteiger partial charge is 0.337 e. The van der Waals surface area contributed by atoms with Gasteiger partial charge < -0.3 is 16.2 Å². The van der Waals surface area contributed by atoms with Crippen molar-refractivity contribution in [3.63, 3.8) is 0 Å². The van der Waals surface area contributed by atoms with Gasteiger partial charge in [0.2, 0.25) is 0 Å². The maximum Gasteiger partial charge on any atom is 0.337 e. The lowest BCUT2D eigenvalue weighted by Gasteiger charge is -2.10. The third-order valence-corrected chi connectivity index (χ3v) is 2.79.